The number of thiazole rings is 1. The van der Waals surface area contributed by atoms with E-state index in [1.807, 2.05) is 30.0 Å². The third kappa shape index (κ3) is 5.28. The van der Waals surface area contributed by atoms with Gasteiger partial charge in [-0.3, -0.25) is 4.79 Å². The molecule has 2 heterocycles. The Morgan fingerprint density at radius 3 is 2.55 bits per heavy atom. The minimum absolute atomic E-state index is 0.167. The molecule has 1 fully saturated rings. The summed E-state index contributed by atoms with van der Waals surface area (Å²) in [6.45, 7) is 3.72. The van der Waals surface area contributed by atoms with Gasteiger partial charge >= 0.3 is 0 Å². The van der Waals surface area contributed by atoms with Gasteiger partial charge < -0.3 is 4.90 Å². The van der Waals surface area contributed by atoms with Crippen LogP contribution < -0.4 is 0 Å². The highest BCUT2D eigenvalue weighted by atomic mass is 32.2. The van der Waals surface area contributed by atoms with Crippen LogP contribution in [0.4, 0.5) is 0 Å². The van der Waals surface area contributed by atoms with Crippen LogP contribution >= 0.6 is 23.1 Å². The molecule has 0 aliphatic carbocycles. The van der Waals surface area contributed by atoms with Crippen molar-refractivity contribution >= 4 is 29.0 Å². The molecule has 3 aromatic rings. The highest BCUT2D eigenvalue weighted by molar-refractivity contribution is 7.98. The Hall–Kier alpha value is -2.11. The third-order valence-corrected chi connectivity index (χ3v) is 7.36. The van der Waals surface area contributed by atoms with Gasteiger partial charge in [-0.1, -0.05) is 42.5 Å². The summed E-state index contributed by atoms with van der Waals surface area (Å²) in [6.07, 6.45) is 3.27. The van der Waals surface area contributed by atoms with Crippen molar-refractivity contribution in [1.82, 2.24) is 9.88 Å². The number of thioether (sulfide) groups is 1. The van der Waals surface area contributed by atoms with Gasteiger partial charge in [-0.05, 0) is 49.8 Å². The zero-order valence-electron chi connectivity index (χ0n) is 16.7. The van der Waals surface area contributed by atoms with Crippen molar-refractivity contribution in [2.45, 2.75) is 36.8 Å². The molecular weight excluding hydrogens is 396 g/mol. The van der Waals surface area contributed by atoms with Crippen molar-refractivity contribution < 1.29 is 4.79 Å². The highest BCUT2D eigenvalue weighted by Gasteiger charge is 2.25. The molecule has 1 amide bonds. The average Bonchev–Trinajstić information content (AvgIpc) is 3.18. The fourth-order valence-electron chi connectivity index (χ4n) is 3.85. The Kier molecular flexibility index (Phi) is 6.67. The number of amides is 1. The van der Waals surface area contributed by atoms with E-state index in [1.165, 1.54) is 5.56 Å². The van der Waals surface area contributed by atoms with Crippen molar-refractivity contribution in [1.29, 1.82) is 0 Å². The average molecular weight is 423 g/mol. The molecule has 0 radical (unpaired) electrons. The van der Waals surface area contributed by atoms with Crippen LogP contribution in [0.5, 0.6) is 0 Å². The van der Waals surface area contributed by atoms with E-state index in [2.05, 4.69) is 46.8 Å². The van der Waals surface area contributed by atoms with Crippen LogP contribution in [0.3, 0.4) is 0 Å². The Balaban J connectivity index is 1.36. The standard InChI is InChI=1S/C24H26N2OS2/c1-18-25-21(16-28-18)17-29-23-10-6-5-9-22(23)24(27)26-13-11-20(12-14-26)15-19-7-3-2-4-8-19/h2-10,16,20H,11-15,17H2,1H3. The van der Waals surface area contributed by atoms with Gasteiger partial charge in [-0.2, -0.15) is 0 Å². The van der Waals surface area contributed by atoms with E-state index in [1.54, 1.807) is 23.1 Å². The Morgan fingerprint density at radius 1 is 1.10 bits per heavy atom. The molecule has 0 unspecified atom stereocenters. The molecule has 5 heteroatoms. The zero-order valence-corrected chi connectivity index (χ0v) is 18.3. The highest BCUT2D eigenvalue weighted by Crippen LogP contribution is 2.29. The minimum atomic E-state index is 0.167. The van der Waals surface area contributed by atoms with Gasteiger partial charge in [0.25, 0.3) is 5.91 Å². The molecular formula is C24H26N2OS2. The van der Waals surface area contributed by atoms with Gasteiger partial charge in [0.15, 0.2) is 0 Å². The minimum Gasteiger partial charge on any atom is -0.339 e. The second kappa shape index (κ2) is 9.59. The normalized spacial score (nSPS) is 14.9. The zero-order chi connectivity index (χ0) is 20.1. The lowest BCUT2D eigenvalue weighted by molar-refractivity contribution is 0.0687. The molecule has 3 nitrogen and oxygen atoms in total. The quantitative estimate of drug-likeness (QED) is 0.468. The van der Waals surface area contributed by atoms with Crippen LogP contribution in [0.2, 0.25) is 0 Å². The topological polar surface area (TPSA) is 33.2 Å². The number of aromatic nitrogens is 1. The first-order valence-corrected chi connectivity index (χ1v) is 12.0. The van der Waals surface area contributed by atoms with Crippen LogP contribution in [0.15, 0.2) is 64.9 Å². The predicted molar refractivity (Wildman–Crippen MR) is 122 cm³/mol. The van der Waals surface area contributed by atoms with Crippen molar-refractivity contribution in [3.63, 3.8) is 0 Å². The lowest BCUT2D eigenvalue weighted by Crippen LogP contribution is -2.39. The molecule has 1 aliphatic rings. The molecule has 1 aromatic heterocycles. The molecule has 0 N–H and O–H groups in total. The molecule has 2 aromatic carbocycles. The van der Waals surface area contributed by atoms with Crippen LogP contribution in [0, 0.1) is 12.8 Å². The summed E-state index contributed by atoms with van der Waals surface area (Å²) >= 11 is 3.38. The molecule has 0 saturated carbocycles. The second-order valence-electron chi connectivity index (χ2n) is 7.57. The van der Waals surface area contributed by atoms with Crippen molar-refractivity contribution in [3.8, 4) is 0 Å². The molecule has 0 bridgehead atoms. The fraction of sp³-hybridized carbons (Fsp3) is 0.333. The van der Waals surface area contributed by atoms with Crippen molar-refractivity contribution in [2.75, 3.05) is 13.1 Å². The number of piperidine rings is 1. The lowest BCUT2D eigenvalue weighted by atomic mass is 9.90. The predicted octanol–water partition coefficient (Wildman–Crippen LogP) is 5.84. The number of carbonyl (C=O) groups excluding carboxylic acids is 1. The first-order valence-electron chi connectivity index (χ1n) is 10.1. The van der Waals surface area contributed by atoms with Gasteiger partial charge in [0.1, 0.15) is 0 Å². The second-order valence-corrected chi connectivity index (χ2v) is 9.65. The molecule has 0 spiro atoms. The number of nitrogens with zero attached hydrogens (tertiary/aromatic N) is 2. The summed E-state index contributed by atoms with van der Waals surface area (Å²) in [6, 6.07) is 18.7. The lowest BCUT2D eigenvalue weighted by Gasteiger charge is -2.32. The smallest absolute Gasteiger partial charge is 0.254 e. The third-order valence-electron chi connectivity index (χ3n) is 5.43. The summed E-state index contributed by atoms with van der Waals surface area (Å²) in [5.41, 5.74) is 3.31. The number of benzene rings is 2. The summed E-state index contributed by atoms with van der Waals surface area (Å²) < 4.78 is 0. The molecule has 0 atom stereocenters. The fourth-order valence-corrected chi connectivity index (χ4v) is 5.51. The first-order chi connectivity index (χ1) is 14.2. The number of hydrogen-bond acceptors (Lipinski definition) is 4. The van der Waals surface area contributed by atoms with E-state index in [9.17, 15) is 4.79 Å². The first kappa shape index (κ1) is 20.2. The monoisotopic (exact) mass is 422 g/mol. The van der Waals surface area contributed by atoms with Gasteiger partial charge in [0, 0.05) is 29.1 Å². The Morgan fingerprint density at radius 2 is 1.83 bits per heavy atom. The van der Waals surface area contributed by atoms with Gasteiger partial charge in [0.2, 0.25) is 0 Å². The number of hydrogen-bond donors (Lipinski definition) is 0. The Labute approximate surface area is 181 Å². The maximum Gasteiger partial charge on any atom is 0.254 e. The van der Waals surface area contributed by atoms with Crippen LogP contribution in [-0.2, 0) is 12.2 Å². The van der Waals surface area contributed by atoms with Gasteiger partial charge in [-0.15, -0.1) is 23.1 Å². The summed E-state index contributed by atoms with van der Waals surface area (Å²) in [4.78, 5) is 20.8. The van der Waals surface area contributed by atoms with E-state index >= 15 is 0 Å². The van der Waals surface area contributed by atoms with Crippen LogP contribution in [-0.4, -0.2) is 28.9 Å². The molecule has 1 aliphatic heterocycles. The maximum atomic E-state index is 13.2. The van der Waals surface area contributed by atoms with E-state index in [-0.39, 0.29) is 5.91 Å². The summed E-state index contributed by atoms with van der Waals surface area (Å²) in [5, 5.41) is 3.19. The SMILES string of the molecule is Cc1nc(CSc2ccccc2C(=O)N2CCC(Cc3ccccc3)CC2)cs1. The molecule has 150 valence electrons. The van der Waals surface area contributed by atoms with Gasteiger partial charge in [0.05, 0.1) is 16.3 Å². The van der Waals surface area contributed by atoms with Crippen molar-refractivity contribution in [2.24, 2.45) is 5.92 Å². The molecule has 29 heavy (non-hydrogen) atoms. The Bertz CT molecular complexity index is 946. The van der Waals surface area contributed by atoms with Crippen LogP contribution in [0.1, 0.15) is 39.5 Å². The maximum absolute atomic E-state index is 13.2. The summed E-state index contributed by atoms with van der Waals surface area (Å²) in [5.74, 6) is 1.63. The number of carbonyl (C=O) groups is 1. The van der Waals surface area contributed by atoms with Gasteiger partial charge in [-0.25, -0.2) is 4.98 Å². The number of likely N-dealkylation sites (tertiary alicyclic amines) is 1. The van der Waals surface area contributed by atoms with E-state index in [0.29, 0.717) is 5.92 Å². The van der Waals surface area contributed by atoms with E-state index < -0.39 is 0 Å². The van der Waals surface area contributed by atoms with E-state index in [4.69, 9.17) is 0 Å². The van der Waals surface area contributed by atoms with Crippen LogP contribution in [0.25, 0.3) is 0 Å². The van der Waals surface area contributed by atoms with Crippen molar-refractivity contribution in [3.05, 3.63) is 81.8 Å². The largest absolute Gasteiger partial charge is 0.339 e. The molecule has 4 rings (SSSR count). The summed E-state index contributed by atoms with van der Waals surface area (Å²) in [7, 11) is 0. The number of aryl methyl sites for hydroxylation is 1. The number of rotatable bonds is 6. The van der Waals surface area contributed by atoms with E-state index in [0.717, 1.165) is 59.3 Å². The molecule has 1 saturated heterocycles.